The van der Waals surface area contributed by atoms with Gasteiger partial charge in [-0.25, -0.2) is 0 Å². The van der Waals surface area contributed by atoms with E-state index in [9.17, 15) is 4.79 Å². The second-order valence-corrected chi connectivity index (χ2v) is 6.46. The average molecular weight is 294 g/mol. The van der Waals surface area contributed by atoms with Crippen LogP contribution in [0.5, 0.6) is 0 Å². The Labute approximate surface area is 109 Å². The number of benzene rings is 1. The lowest BCUT2D eigenvalue weighted by atomic mass is 9.96. The molecule has 2 aromatic rings. The highest BCUT2D eigenvalue weighted by Gasteiger charge is 2.12. The molecule has 0 aliphatic rings. The summed E-state index contributed by atoms with van der Waals surface area (Å²) < 4.78 is 2.79. The van der Waals surface area contributed by atoms with Gasteiger partial charge in [-0.05, 0) is 35.1 Å². The number of fused-ring (bicyclic) bond motifs is 1. The first kappa shape index (κ1) is 12.4. The largest absolute Gasteiger partial charge is 0.314 e. The molecule has 0 radical (unpaired) electrons. The zero-order chi connectivity index (χ0) is 12.6. The Morgan fingerprint density at radius 2 is 1.94 bits per heavy atom. The number of hydrogen-bond donors (Lipinski definition) is 0. The predicted octanol–water partition coefficient (Wildman–Crippen LogP) is 3.81. The summed E-state index contributed by atoms with van der Waals surface area (Å²) in [5, 5.41) is 1.76. The zero-order valence-corrected chi connectivity index (χ0v) is 11.9. The van der Waals surface area contributed by atoms with Gasteiger partial charge in [-0.15, -0.1) is 0 Å². The van der Waals surface area contributed by atoms with Crippen molar-refractivity contribution in [2.45, 2.75) is 27.3 Å². The van der Waals surface area contributed by atoms with Crippen LogP contribution in [0.2, 0.25) is 0 Å². The van der Waals surface area contributed by atoms with Gasteiger partial charge in [0.15, 0.2) is 0 Å². The van der Waals surface area contributed by atoms with Gasteiger partial charge < -0.3 is 4.57 Å². The number of rotatable bonds is 1. The molecule has 90 valence electrons. The van der Waals surface area contributed by atoms with Gasteiger partial charge in [0.25, 0.3) is 5.56 Å². The highest BCUT2D eigenvalue weighted by atomic mass is 79.9. The molecule has 17 heavy (non-hydrogen) atoms. The topological polar surface area (TPSA) is 22.0 Å². The second-order valence-electron chi connectivity index (χ2n) is 5.54. The molecule has 0 amide bonds. The van der Waals surface area contributed by atoms with Crippen molar-refractivity contribution in [1.82, 2.24) is 4.57 Å². The minimum absolute atomic E-state index is 0.0879. The van der Waals surface area contributed by atoms with Gasteiger partial charge in [0.2, 0.25) is 0 Å². The molecule has 1 heterocycles. The molecule has 0 aliphatic carbocycles. The summed E-state index contributed by atoms with van der Waals surface area (Å²) in [7, 11) is 0. The summed E-state index contributed by atoms with van der Waals surface area (Å²) in [6, 6.07) is 7.75. The number of halogens is 1. The number of hydrogen-bond acceptors (Lipinski definition) is 1. The van der Waals surface area contributed by atoms with Crippen molar-refractivity contribution in [2.75, 3.05) is 0 Å². The van der Waals surface area contributed by atoms with E-state index in [0.29, 0.717) is 0 Å². The van der Waals surface area contributed by atoms with Crippen molar-refractivity contribution < 1.29 is 0 Å². The third kappa shape index (κ3) is 2.78. The Bertz CT molecular complexity index is 608. The van der Waals surface area contributed by atoms with Crippen molar-refractivity contribution in [3.63, 3.8) is 0 Å². The molecule has 0 N–H and O–H groups in total. The molecule has 1 aromatic carbocycles. The first-order valence-corrected chi connectivity index (χ1v) is 6.45. The molecule has 0 saturated heterocycles. The summed E-state index contributed by atoms with van der Waals surface area (Å²) in [5.41, 5.74) is 0.192. The van der Waals surface area contributed by atoms with Gasteiger partial charge in [-0.1, -0.05) is 36.7 Å². The maximum Gasteiger partial charge on any atom is 0.258 e. The molecule has 3 heteroatoms. The molecule has 0 atom stereocenters. The van der Waals surface area contributed by atoms with Crippen LogP contribution < -0.4 is 5.56 Å². The minimum atomic E-state index is 0.0879. The summed E-state index contributed by atoms with van der Waals surface area (Å²) in [4.78, 5) is 12.3. The van der Waals surface area contributed by atoms with E-state index in [1.807, 2.05) is 30.5 Å². The van der Waals surface area contributed by atoms with Crippen LogP contribution in [0.3, 0.4) is 0 Å². The zero-order valence-electron chi connectivity index (χ0n) is 10.3. The Kier molecular flexibility index (Phi) is 3.13. The quantitative estimate of drug-likeness (QED) is 0.784. The van der Waals surface area contributed by atoms with Gasteiger partial charge in [0, 0.05) is 22.6 Å². The van der Waals surface area contributed by atoms with Gasteiger partial charge in [-0.2, -0.15) is 0 Å². The third-order valence-electron chi connectivity index (χ3n) is 2.58. The lowest BCUT2D eigenvalue weighted by molar-refractivity contribution is 0.339. The Morgan fingerprint density at radius 1 is 1.24 bits per heavy atom. The lowest BCUT2D eigenvalue weighted by Gasteiger charge is -2.19. The molecule has 2 nitrogen and oxygen atoms in total. The first-order valence-electron chi connectivity index (χ1n) is 5.65. The molecule has 0 saturated carbocycles. The van der Waals surface area contributed by atoms with Crippen molar-refractivity contribution in [1.29, 1.82) is 0 Å². The SMILES string of the molecule is CC(C)(C)Cn1ccc2cc(Br)ccc2c1=O. The van der Waals surface area contributed by atoms with Gasteiger partial charge in [0.1, 0.15) is 0 Å². The summed E-state index contributed by atoms with van der Waals surface area (Å²) >= 11 is 3.42. The highest BCUT2D eigenvalue weighted by molar-refractivity contribution is 9.10. The normalized spacial score (nSPS) is 12.0. The number of pyridine rings is 1. The van der Waals surface area contributed by atoms with Crippen molar-refractivity contribution in [3.8, 4) is 0 Å². The van der Waals surface area contributed by atoms with Crippen LogP contribution in [-0.4, -0.2) is 4.57 Å². The molecule has 0 spiro atoms. The summed E-state index contributed by atoms with van der Waals surface area (Å²) in [5.74, 6) is 0. The Balaban J connectivity index is 2.59. The van der Waals surface area contributed by atoms with Gasteiger partial charge >= 0.3 is 0 Å². The fourth-order valence-electron chi connectivity index (χ4n) is 1.89. The molecule has 0 unspecified atom stereocenters. The Morgan fingerprint density at radius 3 is 2.59 bits per heavy atom. The van der Waals surface area contributed by atoms with Crippen LogP contribution in [0.4, 0.5) is 0 Å². The standard InChI is InChI=1S/C14H16BrNO/c1-14(2,3)9-16-7-6-10-8-11(15)4-5-12(10)13(16)17/h4-8H,9H2,1-3H3. The highest BCUT2D eigenvalue weighted by Crippen LogP contribution is 2.19. The van der Waals surface area contributed by atoms with Crippen LogP contribution in [0.25, 0.3) is 10.8 Å². The molecule has 0 bridgehead atoms. The van der Waals surface area contributed by atoms with Crippen LogP contribution in [0.15, 0.2) is 39.7 Å². The van der Waals surface area contributed by atoms with E-state index in [1.54, 1.807) is 4.57 Å². The van der Waals surface area contributed by atoms with E-state index in [-0.39, 0.29) is 11.0 Å². The van der Waals surface area contributed by atoms with Crippen molar-refractivity contribution in [2.24, 2.45) is 5.41 Å². The fraction of sp³-hybridized carbons (Fsp3) is 0.357. The van der Waals surface area contributed by atoms with Gasteiger partial charge in [-0.3, -0.25) is 4.79 Å². The van der Waals surface area contributed by atoms with E-state index in [1.165, 1.54) is 0 Å². The maximum atomic E-state index is 12.3. The smallest absolute Gasteiger partial charge is 0.258 e. The van der Waals surface area contributed by atoms with Gasteiger partial charge in [0.05, 0.1) is 0 Å². The fourth-order valence-corrected chi connectivity index (χ4v) is 2.27. The molecule has 0 aliphatic heterocycles. The van der Waals surface area contributed by atoms with Crippen LogP contribution in [0.1, 0.15) is 20.8 Å². The third-order valence-corrected chi connectivity index (χ3v) is 3.08. The number of aromatic nitrogens is 1. The van der Waals surface area contributed by atoms with Crippen molar-refractivity contribution >= 4 is 26.7 Å². The first-order chi connectivity index (χ1) is 7.87. The second kappa shape index (κ2) is 4.30. The number of nitrogens with zero attached hydrogens (tertiary/aromatic N) is 1. The van der Waals surface area contributed by atoms with E-state index < -0.39 is 0 Å². The lowest BCUT2D eigenvalue weighted by Crippen LogP contribution is -2.26. The predicted molar refractivity (Wildman–Crippen MR) is 75.4 cm³/mol. The Hall–Kier alpha value is -1.09. The van der Waals surface area contributed by atoms with E-state index >= 15 is 0 Å². The van der Waals surface area contributed by atoms with E-state index in [0.717, 1.165) is 21.8 Å². The average Bonchev–Trinajstić information content (AvgIpc) is 2.20. The molecule has 1 aromatic heterocycles. The van der Waals surface area contributed by atoms with Crippen LogP contribution >= 0.6 is 15.9 Å². The van der Waals surface area contributed by atoms with E-state index in [2.05, 4.69) is 36.7 Å². The van der Waals surface area contributed by atoms with E-state index in [4.69, 9.17) is 0 Å². The molecule has 2 rings (SSSR count). The maximum absolute atomic E-state index is 12.3. The monoisotopic (exact) mass is 293 g/mol. The minimum Gasteiger partial charge on any atom is -0.314 e. The summed E-state index contributed by atoms with van der Waals surface area (Å²) in [6.45, 7) is 7.12. The van der Waals surface area contributed by atoms with Crippen LogP contribution in [0, 0.1) is 5.41 Å². The molecule has 0 fully saturated rings. The van der Waals surface area contributed by atoms with Crippen molar-refractivity contribution in [3.05, 3.63) is 45.3 Å². The molecular weight excluding hydrogens is 278 g/mol. The van der Waals surface area contributed by atoms with Crippen LogP contribution in [-0.2, 0) is 6.54 Å². The molecular formula is C14H16BrNO. The summed E-state index contributed by atoms with van der Waals surface area (Å²) in [6.07, 6.45) is 1.88.